The Bertz CT molecular complexity index is 405. The molecular weight excluding hydrogens is 220 g/mol. The van der Waals surface area contributed by atoms with E-state index in [0.29, 0.717) is 12.3 Å². The molecule has 1 fully saturated rings. The number of pyridine rings is 1. The normalized spacial score (nSPS) is 20.2. The van der Waals surface area contributed by atoms with Crippen LogP contribution in [0.4, 0.5) is 0 Å². The fraction of sp³-hybridized carbons (Fsp3) is 0.333. The fourth-order valence-electron chi connectivity index (χ4n) is 1.72. The molecule has 2 heterocycles. The molecule has 0 bridgehead atoms. The van der Waals surface area contributed by atoms with Gasteiger partial charge in [-0.3, -0.25) is 9.78 Å². The number of hydrogen-bond acceptors (Lipinski definition) is 3. The summed E-state index contributed by atoms with van der Waals surface area (Å²) in [5, 5.41) is 0.118. The zero-order valence-electron chi connectivity index (χ0n) is 9.22. The van der Waals surface area contributed by atoms with Crippen LogP contribution in [0.1, 0.15) is 17.9 Å². The van der Waals surface area contributed by atoms with Crippen LogP contribution in [0, 0.1) is 0 Å². The average Bonchev–Trinajstić information content (AvgIpc) is 2.61. The first-order chi connectivity index (χ1) is 7.68. The highest BCUT2D eigenvalue weighted by Gasteiger charge is 2.32. The van der Waals surface area contributed by atoms with Gasteiger partial charge in [0.1, 0.15) is 5.37 Å². The van der Waals surface area contributed by atoms with Crippen LogP contribution in [0.2, 0.25) is 0 Å². The largest absolute Gasteiger partial charge is 0.322 e. The first kappa shape index (κ1) is 11.2. The first-order valence-corrected chi connectivity index (χ1v) is 6.19. The van der Waals surface area contributed by atoms with E-state index >= 15 is 0 Å². The third-order valence-corrected chi connectivity index (χ3v) is 3.66. The molecule has 84 valence electrons. The minimum atomic E-state index is 0.118. The highest BCUT2D eigenvalue weighted by molar-refractivity contribution is 8.00. The van der Waals surface area contributed by atoms with Crippen LogP contribution in [0.3, 0.4) is 0 Å². The molecule has 1 amide bonds. The van der Waals surface area contributed by atoms with Gasteiger partial charge in [-0.1, -0.05) is 12.2 Å². The van der Waals surface area contributed by atoms with E-state index in [1.165, 1.54) is 0 Å². The van der Waals surface area contributed by atoms with Crippen molar-refractivity contribution in [3.05, 3.63) is 42.2 Å². The molecule has 16 heavy (non-hydrogen) atoms. The van der Waals surface area contributed by atoms with Crippen LogP contribution < -0.4 is 0 Å². The lowest BCUT2D eigenvalue weighted by atomic mass is 10.2. The minimum Gasteiger partial charge on any atom is -0.322 e. The Balaban J connectivity index is 2.21. The molecule has 1 atom stereocenters. The quantitative estimate of drug-likeness (QED) is 0.752. The molecule has 0 spiro atoms. The van der Waals surface area contributed by atoms with Gasteiger partial charge in [-0.25, -0.2) is 0 Å². The molecule has 0 aromatic carbocycles. The Morgan fingerprint density at radius 3 is 2.94 bits per heavy atom. The number of thioether (sulfide) groups is 1. The molecule has 1 aromatic heterocycles. The Morgan fingerprint density at radius 1 is 1.62 bits per heavy atom. The van der Waals surface area contributed by atoms with Gasteiger partial charge in [-0.2, -0.15) is 0 Å². The molecule has 1 saturated heterocycles. The standard InChI is InChI=1S/C12H14N2OS/c1-9(2)7-14-11(15)8-16-12(14)10-3-5-13-6-4-10/h3-6,12H,1,7-8H2,2H3. The monoisotopic (exact) mass is 234 g/mol. The summed E-state index contributed by atoms with van der Waals surface area (Å²) < 4.78 is 0. The number of carbonyl (C=O) groups is 1. The van der Waals surface area contributed by atoms with Crippen molar-refractivity contribution in [2.45, 2.75) is 12.3 Å². The Hall–Kier alpha value is -1.29. The lowest BCUT2D eigenvalue weighted by Gasteiger charge is -2.24. The molecule has 1 aromatic rings. The molecule has 2 rings (SSSR count). The Labute approximate surface area is 99.6 Å². The van der Waals surface area contributed by atoms with Gasteiger partial charge >= 0.3 is 0 Å². The highest BCUT2D eigenvalue weighted by atomic mass is 32.2. The van der Waals surface area contributed by atoms with Gasteiger partial charge < -0.3 is 4.90 Å². The topological polar surface area (TPSA) is 33.2 Å². The summed E-state index contributed by atoms with van der Waals surface area (Å²) in [6, 6.07) is 3.92. The van der Waals surface area contributed by atoms with E-state index in [4.69, 9.17) is 0 Å². The van der Waals surface area contributed by atoms with Gasteiger partial charge in [-0.05, 0) is 24.6 Å². The number of rotatable bonds is 3. The van der Waals surface area contributed by atoms with Crippen LogP contribution >= 0.6 is 11.8 Å². The number of nitrogens with zero attached hydrogens (tertiary/aromatic N) is 2. The molecule has 0 saturated carbocycles. The van der Waals surface area contributed by atoms with Crippen LogP contribution in [0.5, 0.6) is 0 Å². The predicted octanol–water partition coefficient (Wildman–Crippen LogP) is 2.23. The van der Waals surface area contributed by atoms with E-state index in [9.17, 15) is 4.79 Å². The fourth-order valence-corrected chi connectivity index (χ4v) is 2.91. The van der Waals surface area contributed by atoms with Crippen molar-refractivity contribution < 1.29 is 4.79 Å². The number of aromatic nitrogens is 1. The number of amides is 1. The predicted molar refractivity (Wildman–Crippen MR) is 66.0 cm³/mol. The van der Waals surface area contributed by atoms with Crippen LogP contribution in [-0.2, 0) is 4.79 Å². The molecule has 3 nitrogen and oxygen atoms in total. The lowest BCUT2D eigenvalue weighted by Crippen LogP contribution is -2.29. The molecular formula is C12H14N2OS. The van der Waals surface area contributed by atoms with Crippen molar-refractivity contribution in [2.24, 2.45) is 0 Å². The van der Waals surface area contributed by atoms with Gasteiger partial charge in [-0.15, -0.1) is 11.8 Å². The lowest BCUT2D eigenvalue weighted by molar-refractivity contribution is -0.127. The van der Waals surface area contributed by atoms with E-state index in [-0.39, 0.29) is 11.3 Å². The average molecular weight is 234 g/mol. The SMILES string of the molecule is C=C(C)CN1C(=O)CSC1c1ccncc1. The maximum atomic E-state index is 11.7. The van der Waals surface area contributed by atoms with E-state index in [1.54, 1.807) is 24.2 Å². The molecule has 1 unspecified atom stereocenters. The smallest absolute Gasteiger partial charge is 0.234 e. The summed E-state index contributed by atoms with van der Waals surface area (Å²) in [6.07, 6.45) is 3.52. The Morgan fingerprint density at radius 2 is 2.31 bits per heavy atom. The number of hydrogen-bond donors (Lipinski definition) is 0. The maximum absolute atomic E-state index is 11.7. The summed E-state index contributed by atoms with van der Waals surface area (Å²) in [4.78, 5) is 17.6. The van der Waals surface area contributed by atoms with Crippen molar-refractivity contribution in [1.29, 1.82) is 0 Å². The zero-order valence-corrected chi connectivity index (χ0v) is 10.0. The summed E-state index contributed by atoms with van der Waals surface area (Å²) in [5.41, 5.74) is 2.14. The third kappa shape index (κ3) is 2.27. The molecule has 1 aliphatic rings. The van der Waals surface area contributed by atoms with E-state index < -0.39 is 0 Å². The van der Waals surface area contributed by atoms with Crippen molar-refractivity contribution in [3.63, 3.8) is 0 Å². The van der Waals surface area contributed by atoms with Crippen molar-refractivity contribution in [1.82, 2.24) is 9.88 Å². The van der Waals surface area contributed by atoms with Gasteiger partial charge in [0.15, 0.2) is 0 Å². The zero-order chi connectivity index (χ0) is 11.5. The minimum absolute atomic E-state index is 0.118. The van der Waals surface area contributed by atoms with Gasteiger partial charge in [0.2, 0.25) is 5.91 Å². The number of carbonyl (C=O) groups excluding carboxylic acids is 1. The second-order valence-corrected chi connectivity index (χ2v) is 4.99. The Kier molecular flexibility index (Phi) is 3.29. The van der Waals surface area contributed by atoms with E-state index in [0.717, 1.165) is 11.1 Å². The van der Waals surface area contributed by atoms with Crippen molar-refractivity contribution >= 4 is 17.7 Å². The van der Waals surface area contributed by atoms with Crippen LogP contribution in [-0.4, -0.2) is 28.1 Å². The van der Waals surface area contributed by atoms with Crippen LogP contribution in [0.25, 0.3) is 0 Å². The van der Waals surface area contributed by atoms with E-state index in [1.807, 2.05) is 24.0 Å². The molecule has 0 radical (unpaired) electrons. The highest BCUT2D eigenvalue weighted by Crippen LogP contribution is 2.38. The van der Waals surface area contributed by atoms with Gasteiger partial charge in [0, 0.05) is 18.9 Å². The van der Waals surface area contributed by atoms with Gasteiger partial charge in [0.05, 0.1) is 5.75 Å². The van der Waals surface area contributed by atoms with Crippen molar-refractivity contribution in [3.8, 4) is 0 Å². The third-order valence-electron chi connectivity index (χ3n) is 2.40. The van der Waals surface area contributed by atoms with Crippen LogP contribution in [0.15, 0.2) is 36.7 Å². The van der Waals surface area contributed by atoms with E-state index in [2.05, 4.69) is 11.6 Å². The summed E-state index contributed by atoms with van der Waals surface area (Å²) in [5.74, 6) is 0.745. The van der Waals surface area contributed by atoms with Crippen molar-refractivity contribution in [2.75, 3.05) is 12.3 Å². The van der Waals surface area contributed by atoms with Gasteiger partial charge in [0.25, 0.3) is 0 Å². The molecule has 0 aliphatic carbocycles. The molecule has 4 heteroatoms. The second-order valence-electron chi connectivity index (χ2n) is 3.92. The summed E-state index contributed by atoms with van der Waals surface area (Å²) in [7, 11) is 0. The maximum Gasteiger partial charge on any atom is 0.234 e. The summed E-state index contributed by atoms with van der Waals surface area (Å²) >= 11 is 1.66. The molecule has 1 aliphatic heterocycles. The first-order valence-electron chi connectivity index (χ1n) is 5.14. The second kappa shape index (κ2) is 4.70. The molecule has 0 N–H and O–H groups in total. The summed E-state index contributed by atoms with van der Waals surface area (Å²) in [6.45, 7) is 6.45.